The minimum Gasteiger partial charge on any atom is -0.493 e. The SMILES string of the molecule is CC(C)(C)C(COc1ccc(Cl)c(Cl)c1)Cn1cncn1. The van der Waals surface area contributed by atoms with E-state index in [-0.39, 0.29) is 11.3 Å². The average molecular weight is 328 g/mol. The smallest absolute Gasteiger partial charge is 0.137 e. The zero-order chi connectivity index (χ0) is 15.5. The quantitative estimate of drug-likeness (QED) is 0.820. The molecule has 2 rings (SSSR count). The van der Waals surface area contributed by atoms with Gasteiger partial charge in [-0.3, -0.25) is 4.68 Å². The maximum atomic E-state index is 6.00. The van der Waals surface area contributed by atoms with Crippen LogP contribution in [-0.2, 0) is 6.54 Å². The largest absolute Gasteiger partial charge is 0.493 e. The van der Waals surface area contributed by atoms with E-state index in [1.165, 1.54) is 0 Å². The van der Waals surface area contributed by atoms with Crippen LogP contribution in [0.5, 0.6) is 5.75 Å². The Morgan fingerprint density at radius 3 is 2.57 bits per heavy atom. The first-order chi connectivity index (χ1) is 9.86. The average Bonchev–Trinajstić information content (AvgIpc) is 2.90. The Labute approximate surface area is 135 Å². The van der Waals surface area contributed by atoms with Gasteiger partial charge in [-0.25, -0.2) is 4.98 Å². The molecule has 21 heavy (non-hydrogen) atoms. The Hall–Kier alpha value is -1.26. The van der Waals surface area contributed by atoms with E-state index in [2.05, 4.69) is 30.9 Å². The van der Waals surface area contributed by atoms with Gasteiger partial charge in [0.25, 0.3) is 0 Å². The number of benzene rings is 1. The summed E-state index contributed by atoms with van der Waals surface area (Å²) in [7, 11) is 0. The predicted octanol–water partition coefficient (Wildman–Crippen LogP) is 4.33. The monoisotopic (exact) mass is 327 g/mol. The second kappa shape index (κ2) is 6.67. The Morgan fingerprint density at radius 2 is 2.00 bits per heavy atom. The molecule has 0 saturated carbocycles. The number of ether oxygens (including phenoxy) is 1. The van der Waals surface area contributed by atoms with Crippen molar-refractivity contribution >= 4 is 23.2 Å². The van der Waals surface area contributed by atoms with Crippen molar-refractivity contribution in [1.82, 2.24) is 14.8 Å². The fourth-order valence-corrected chi connectivity index (χ4v) is 2.18. The normalized spacial score (nSPS) is 13.2. The second-order valence-electron chi connectivity index (χ2n) is 6.07. The summed E-state index contributed by atoms with van der Waals surface area (Å²) in [5.41, 5.74) is 0.0855. The molecule has 6 heteroatoms. The molecular formula is C15H19Cl2N3O. The molecule has 0 N–H and O–H groups in total. The van der Waals surface area contributed by atoms with Gasteiger partial charge in [0.2, 0.25) is 0 Å². The third-order valence-corrected chi connectivity index (χ3v) is 4.18. The molecule has 1 aromatic heterocycles. The standard InChI is InChI=1S/C15H19Cl2N3O/c1-15(2,3)11(7-20-10-18-9-19-20)8-21-12-4-5-13(16)14(17)6-12/h4-6,9-11H,7-8H2,1-3H3. The van der Waals surface area contributed by atoms with Crippen LogP contribution in [-0.4, -0.2) is 21.4 Å². The third kappa shape index (κ3) is 4.61. The van der Waals surface area contributed by atoms with Crippen molar-refractivity contribution in [3.63, 3.8) is 0 Å². The molecule has 0 saturated heterocycles. The van der Waals surface area contributed by atoms with Crippen molar-refractivity contribution in [2.45, 2.75) is 27.3 Å². The van der Waals surface area contributed by atoms with Gasteiger partial charge in [0.15, 0.2) is 0 Å². The van der Waals surface area contributed by atoms with Crippen LogP contribution in [0.1, 0.15) is 20.8 Å². The Morgan fingerprint density at radius 1 is 1.24 bits per heavy atom. The molecule has 114 valence electrons. The fourth-order valence-electron chi connectivity index (χ4n) is 1.89. The molecular weight excluding hydrogens is 309 g/mol. The maximum absolute atomic E-state index is 6.00. The molecule has 1 atom stereocenters. The molecule has 0 fully saturated rings. The first kappa shape index (κ1) is 16.1. The van der Waals surface area contributed by atoms with E-state index in [9.17, 15) is 0 Å². The summed E-state index contributed by atoms with van der Waals surface area (Å²) in [6.07, 6.45) is 3.26. The highest BCUT2D eigenvalue weighted by atomic mass is 35.5. The van der Waals surface area contributed by atoms with Crippen molar-refractivity contribution in [2.24, 2.45) is 11.3 Å². The fraction of sp³-hybridized carbons (Fsp3) is 0.467. The summed E-state index contributed by atoms with van der Waals surface area (Å²) in [5.74, 6) is 1.01. The van der Waals surface area contributed by atoms with Gasteiger partial charge in [0.05, 0.1) is 16.7 Å². The molecule has 0 aliphatic heterocycles. The molecule has 0 spiro atoms. The van der Waals surface area contributed by atoms with E-state index in [1.54, 1.807) is 24.8 Å². The van der Waals surface area contributed by atoms with E-state index in [0.717, 1.165) is 12.3 Å². The number of aromatic nitrogens is 3. The highest BCUT2D eigenvalue weighted by molar-refractivity contribution is 6.42. The zero-order valence-corrected chi connectivity index (χ0v) is 13.9. The van der Waals surface area contributed by atoms with Crippen molar-refractivity contribution in [1.29, 1.82) is 0 Å². The molecule has 1 aromatic carbocycles. The van der Waals surface area contributed by atoms with Gasteiger partial charge in [-0.2, -0.15) is 5.10 Å². The molecule has 0 aliphatic rings. The summed E-state index contributed by atoms with van der Waals surface area (Å²) in [4.78, 5) is 3.98. The number of rotatable bonds is 5. The first-order valence-corrected chi connectivity index (χ1v) is 7.52. The van der Waals surface area contributed by atoms with Crippen LogP contribution in [0.4, 0.5) is 0 Å². The lowest BCUT2D eigenvalue weighted by Gasteiger charge is -2.30. The number of nitrogens with zero attached hydrogens (tertiary/aromatic N) is 3. The van der Waals surface area contributed by atoms with E-state index in [0.29, 0.717) is 16.7 Å². The topological polar surface area (TPSA) is 39.9 Å². The van der Waals surface area contributed by atoms with Crippen LogP contribution in [0, 0.1) is 11.3 Å². The molecule has 1 heterocycles. The van der Waals surface area contributed by atoms with Crippen molar-refractivity contribution in [2.75, 3.05) is 6.61 Å². The van der Waals surface area contributed by atoms with E-state index in [4.69, 9.17) is 27.9 Å². The van der Waals surface area contributed by atoms with Crippen LogP contribution in [0.25, 0.3) is 0 Å². The van der Waals surface area contributed by atoms with E-state index >= 15 is 0 Å². The lowest BCUT2D eigenvalue weighted by molar-refractivity contribution is 0.125. The number of hydrogen-bond donors (Lipinski definition) is 0. The summed E-state index contributed by atoms with van der Waals surface area (Å²) < 4.78 is 7.70. The molecule has 0 aliphatic carbocycles. The minimum atomic E-state index is 0.0855. The summed E-state index contributed by atoms with van der Waals surface area (Å²) >= 11 is 11.9. The molecule has 0 radical (unpaired) electrons. The lowest BCUT2D eigenvalue weighted by atomic mass is 9.81. The van der Waals surface area contributed by atoms with Gasteiger partial charge in [0, 0.05) is 18.5 Å². The highest BCUT2D eigenvalue weighted by Gasteiger charge is 2.26. The lowest BCUT2D eigenvalue weighted by Crippen LogP contribution is -2.31. The van der Waals surface area contributed by atoms with Crippen LogP contribution >= 0.6 is 23.2 Å². The highest BCUT2D eigenvalue weighted by Crippen LogP contribution is 2.30. The summed E-state index contributed by atoms with van der Waals surface area (Å²) in [6, 6.07) is 5.30. The number of hydrogen-bond acceptors (Lipinski definition) is 3. The Balaban J connectivity index is 2.03. The predicted molar refractivity (Wildman–Crippen MR) is 84.9 cm³/mol. The van der Waals surface area contributed by atoms with Crippen LogP contribution in [0.15, 0.2) is 30.9 Å². The summed E-state index contributed by atoms with van der Waals surface area (Å²) in [5, 5.41) is 5.19. The summed E-state index contributed by atoms with van der Waals surface area (Å²) in [6.45, 7) is 7.89. The van der Waals surface area contributed by atoms with Crippen molar-refractivity contribution in [3.8, 4) is 5.75 Å². The Bertz CT molecular complexity index is 579. The number of halogens is 2. The molecule has 1 unspecified atom stereocenters. The van der Waals surface area contributed by atoms with E-state index < -0.39 is 0 Å². The maximum Gasteiger partial charge on any atom is 0.137 e. The molecule has 0 bridgehead atoms. The van der Waals surface area contributed by atoms with Crippen LogP contribution in [0.3, 0.4) is 0 Å². The van der Waals surface area contributed by atoms with Crippen molar-refractivity contribution < 1.29 is 4.74 Å². The molecule has 0 amide bonds. The minimum absolute atomic E-state index is 0.0855. The van der Waals surface area contributed by atoms with Gasteiger partial charge in [0.1, 0.15) is 18.4 Å². The van der Waals surface area contributed by atoms with Gasteiger partial charge in [-0.05, 0) is 17.5 Å². The first-order valence-electron chi connectivity index (χ1n) is 6.76. The van der Waals surface area contributed by atoms with E-state index in [1.807, 2.05) is 10.7 Å². The van der Waals surface area contributed by atoms with Crippen LogP contribution in [0.2, 0.25) is 10.0 Å². The van der Waals surface area contributed by atoms with Crippen molar-refractivity contribution in [3.05, 3.63) is 40.9 Å². The third-order valence-electron chi connectivity index (χ3n) is 3.44. The van der Waals surface area contributed by atoms with Gasteiger partial charge in [-0.1, -0.05) is 44.0 Å². The molecule has 4 nitrogen and oxygen atoms in total. The Kier molecular flexibility index (Phi) is 5.12. The second-order valence-corrected chi connectivity index (χ2v) is 6.88. The van der Waals surface area contributed by atoms with Gasteiger partial charge < -0.3 is 4.74 Å². The van der Waals surface area contributed by atoms with Crippen LogP contribution < -0.4 is 4.74 Å². The zero-order valence-electron chi connectivity index (χ0n) is 12.4. The van der Waals surface area contributed by atoms with Gasteiger partial charge in [-0.15, -0.1) is 0 Å². The molecule has 2 aromatic rings. The van der Waals surface area contributed by atoms with Gasteiger partial charge >= 0.3 is 0 Å².